The number of aryl methyl sites for hydroxylation is 1. The average Bonchev–Trinajstić information content (AvgIpc) is 3.81. The highest BCUT2D eigenvalue weighted by atomic mass is 19.4. The molecule has 1 aliphatic carbocycles. The second-order valence-corrected chi connectivity index (χ2v) is 16.1. The summed E-state index contributed by atoms with van der Waals surface area (Å²) >= 11 is 0. The number of rotatable bonds is 8. The van der Waals surface area contributed by atoms with Gasteiger partial charge in [-0.15, -0.1) is 0 Å². The number of pyridine rings is 1. The van der Waals surface area contributed by atoms with E-state index in [1.165, 1.54) is 13.2 Å². The molecule has 3 aliphatic heterocycles. The predicted molar refractivity (Wildman–Crippen MR) is 209 cm³/mol. The van der Waals surface area contributed by atoms with Crippen LogP contribution in [0, 0.1) is 5.92 Å². The molecule has 3 unspecified atom stereocenters. The monoisotopic (exact) mass is 799 g/mol. The lowest BCUT2D eigenvalue weighted by molar-refractivity contribution is -0.141. The molecule has 4 aliphatic rings. The molecule has 14 nitrogen and oxygen atoms in total. The first-order valence-corrected chi connectivity index (χ1v) is 19.8. The van der Waals surface area contributed by atoms with E-state index < -0.39 is 29.7 Å². The summed E-state index contributed by atoms with van der Waals surface area (Å²) in [6, 6.07) is 12.8. The molecule has 58 heavy (non-hydrogen) atoms. The van der Waals surface area contributed by atoms with Crippen LogP contribution in [0.1, 0.15) is 79.6 Å². The minimum Gasteiger partial charge on any atom is -0.494 e. The number of methoxy groups -OCH3 is 1. The number of piperidine rings is 1. The summed E-state index contributed by atoms with van der Waals surface area (Å²) in [6.45, 7) is 2.74. The normalized spacial score (nSPS) is 24.1. The fourth-order valence-corrected chi connectivity index (χ4v) is 9.71. The zero-order chi connectivity index (χ0) is 40.5. The van der Waals surface area contributed by atoms with Crippen molar-refractivity contribution < 1.29 is 32.3 Å². The van der Waals surface area contributed by atoms with Gasteiger partial charge in [0.15, 0.2) is 0 Å². The van der Waals surface area contributed by atoms with Crippen LogP contribution in [0.5, 0.6) is 5.75 Å². The first kappa shape index (κ1) is 37.8. The topological polar surface area (TPSA) is 149 Å². The number of anilines is 2. The summed E-state index contributed by atoms with van der Waals surface area (Å²) in [6.07, 6.45) is 4.06. The fraction of sp³-hybridized carbons (Fsp3) is 0.463. The molecule has 2 N–H and O–H groups in total. The number of halogens is 3. The third-order valence-electron chi connectivity index (χ3n) is 12.6. The summed E-state index contributed by atoms with van der Waals surface area (Å²) < 4.78 is 50.3. The van der Waals surface area contributed by atoms with Crippen LogP contribution in [0.15, 0.2) is 59.5 Å². The Morgan fingerprint density at radius 3 is 2.38 bits per heavy atom. The van der Waals surface area contributed by atoms with Gasteiger partial charge in [0.1, 0.15) is 23.2 Å². The third-order valence-corrected chi connectivity index (χ3v) is 12.6. The number of amides is 3. The fourth-order valence-electron chi connectivity index (χ4n) is 9.71. The molecule has 3 atom stereocenters. The number of imide groups is 1. The largest absolute Gasteiger partial charge is 0.494 e. The number of carbonyl (C=O) groups excluding carboxylic acids is 3. The van der Waals surface area contributed by atoms with Gasteiger partial charge in [0, 0.05) is 62.8 Å². The van der Waals surface area contributed by atoms with Crippen LogP contribution in [-0.2, 0) is 22.8 Å². The molecule has 9 rings (SSSR count). The van der Waals surface area contributed by atoms with Gasteiger partial charge in [-0.1, -0.05) is 12.1 Å². The van der Waals surface area contributed by atoms with Crippen LogP contribution < -0.4 is 26.0 Å². The molecule has 17 heteroatoms. The summed E-state index contributed by atoms with van der Waals surface area (Å²) in [7, 11) is 3.21. The zero-order valence-electron chi connectivity index (χ0n) is 32.2. The van der Waals surface area contributed by atoms with Crippen molar-refractivity contribution in [3.05, 3.63) is 76.6 Å². The van der Waals surface area contributed by atoms with Crippen molar-refractivity contribution >= 4 is 51.0 Å². The quantitative estimate of drug-likeness (QED) is 0.196. The number of carbonyl (C=O) groups is 3. The van der Waals surface area contributed by atoms with Crippen molar-refractivity contribution in [3.8, 4) is 5.75 Å². The Morgan fingerprint density at radius 2 is 1.67 bits per heavy atom. The number of imidazole rings is 1. The molecule has 6 heterocycles. The number of para-hydroxylation sites is 1. The molecular formula is C41H44F3N9O5. The molecule has 304 valence electrons. The Balaban J connectivity index is 0.845. The highest BCUT2D eigenvalue weighted by molar-refractivity contribution is 6.05. The first-order valence-electron chi connectivity index (χ1n) is 19.8. The Morgan fingerprint density at radius 1 is 0.948 bits per heavy atom. The van der Waals surface area contributed by atoms with Crippen molar-refractivity contribution in [3.63, 3.8) is 0 Å². The molecule has 0 radical (unpaired) electrons. The highest BCUT2D eigenvalue weighted by Crippen LogP contribution is 2.40. The van der Waals surface area contributed by atoms with E-state index in [2.05, 4.69) is 31.5 Å². The molecule has 0 spiro atoms. The number of alkyl halides is 3. The van der Waals surface area contributed by atoms with Crippen LogP contribution in [0.3, 0.4) is 0 Å². The van der Waals surface area contributed by atoms with Crippen LogP contribution >= 0.6 is 0 Å². The Bertz CT molecular complexity index is 2490. The number of nitrogens with one attached hydrogen (secondary N) is 2. The van der Waals surface area contributed by atoms with Crippen molar-refractivity contribution in [2.75, 3.05) is 37.0 Å². The van der Waals surface area contributed by atoms with Crippen LogP contribution in [-0.4, -0.2) is 85.3 Å². The SMILES string of the molecule is COc1cc2nn([C@H]3CC[C@H](CN4C5CCC4CN(c4cccc6c4n(C)c(=O)n6C4CCC(=O)NC4=O)C5)CC3)cc2cc1NC(=O)c1cccc(C(F)(F)F)n1. The predicted octanol–water partition coefficient (Wildman–Crippen LogP) is 5.43. The Labute approximate surface area is 330 Å². The molecule has 2 bridgehead atoms. The summed E-state index contributed by atoms with van der Waals surface area (Å²) in [4.78, 5) is 59.7. The second kappa shape index (κ2) is 14.6. The van der Waals surface area contributed by atoms with E-state index in [-0.39, 0.29) is 29.8 Å². The third kappa shape index (κ3) is 6.78. The molecule has 4 fully saturated rings. The van der Waals surface area contributed by atoms with Gasteiger partial charge in [-0.3, -0.25) is 38.4 Å². The van der Waals surface area contributed by atoms with Gasteiger partial charge in [-0.2, -0.15) is 18.3 Å². The van der Waals surface area contributed by atoms with E-state index in [9.17, 15) is 32.3 Å². The lowest BCUT2D eigenvalue weighted by atomic mass is 9.85. The minimum atomic E-state index is -4.67. The molecule has 3 saturated heterocycles. The maximum absolute atomic E-state index is 13.6. The number of ether oxygens (including phenoxy) is 1. The van der Waals surface area contributed by atoms with Gasteiger partial charge in [-0.05, 0) is 81.2 Å². The van der Waals surface area contributed by atoms with Crippen LogP contribution in [0.2, 0.25) is 0 Å². The van der Waals surface area contributed by atoms with Crippen molar-refractivity contribution in [2.45, 2.75) is 81.7 Å². The number of hydrogen-bond acceptors (Lipinski definition) is 9. The Hall–Kier alpha value is -5.71. The van der Waals surface area contributed by atoms with Gasteiger partial charge in [0.2, 0.25) is 11.8 Å². The van der Waals surface area contributed by atoms with Gasteiger partial charge in [-0.25, -0.2) is 9.78 Å². The Kier molecular flexibility index (Phi) is 9.52. The summed E-state index contributed by atoms with van der Waals surface area (Å²) in [5.41, 5.74) is 1.73. The lowest BCUT2D eigenvalue weighted by Gasteiger charge is -2.44. The zero-order valence-corrected chi connectivity index (χ0v) is 32.2. The van der Waals surface area contributed by atoms with E-state index in [4.69, 9.17) is 9.84 Å². The van der Waals surface area contributed by atoms with Crippen molar-refractivity contribution in [1.82, 2.24) is 34.1 Å². The number of hydrogen-bond donors (Lipinski definition) is 2. The number of benzene rings is 2. The van der Waals surface area contributed by atoms with Gasteiger partial charge in [0.25, 0.3) is 5.91 Å². The number of aromatic nitrogens is 5. The number of fused-ring (bicyclic) bond motifs is 4. The maximum Gasteiger partial charge on any atom is 0.433 e. The van der Waals surface area contributed by atoms with Crippen LogP contribution in [0.4, 0.5) is 24.5 Å². The number of piperazine rings is 1. The smallest absolute Gasteiger partial charge is 0.433 e. The van der Waals surface area contributed by atoms with Gasteiger partial charge >= 0.3 is 11.9 Å². The van der Waals surface area contributed by atoms with E-state index in [1.807, 2.05) is 23.0 Å². The second-order valence-electron chi connectivity index (χ2n) is 16.1. The summed E-state index contributed by atoms with van der Waals surface area (Å²) in [5.74, 6) is -0.647. The maximum atomic E-state index is 13.6. The van der Waals surface area contributed by atoms with Crippen LogP contribution in [0.25, 0.3) is 21.9 Å². The van der Waals surface area contributed by atoms with Gasteiger partial charge in [0.05, 0.1) is 41.1 Å². The molecule has 2 aromatic carbocycles. The molecular weight excluding hydrogens is 756 g/mol. The van der Waals surface area contributed by atoms with E-state index in [1.54, 1.807) is 28.3 Å². The molecule has 3 amide bonds. The first-order chi connectivity index (χ1) is 27.9. The highest BCUT2D eigenvalue weighted by Gasteiger charge is 2.42. The molecule has 1 saturated carbocycles. The molecule has 5 aromatic rings. The van der Waals surface area contributed by atoms with Crippen molar-refractivity contribution in [2.24, 2.45) is 13.0 Å². The minimum absolute atomic E-state index is 0.197. The van der Waals surface area contributed by atoms with E-state index in [0.717, 1.165) is 86.9 Å². The lowest BCUT2D eigenvalue weighted by Crippen LogP contribution is -2.55. The van der Waals surface area contributed by atoms with E-state index in [0.29, 0.717) is 46.9 Å². The van der Waals surface area contributed by atoms with Gasteiger partial charge < -0.3 is 15.0 Å². The molecule has 3 aromatic heterocycles. The standard InChI is InChI=1S/C41H44F3N9O5/c1-49-37-31(6-4-7-32(37)53(40(49)57)33-15-16-36(54)47-39(33)56)50-21-26-13-14-27(22-50)51(26)19-23-9-11-25(12-10-23)52-20-24-17-30(34(58-2)18-29(24)48-52)46-38(55)28-5-3-8-35(45-28)41(42,43)44/h3-8,17-18,20,23,25-27,33H,9-16,19,21-22H2,1-2H3,(H,46,55)(H,47,54,56)/t23-,25-,26?,27?,33?. The summed E-state index contributed by atoms with van der Waals surface area (Å²) in [5, 5.41) is 10.7. The number of nitrogens with zero attached hydrogens (tertiary/aromatic N) is 7. The van der Waals surface area contributed by atoms with Crippen molar-refractivity contribution in [1.29, 1.82) is 0 Å². The van der Waals surface area contributed by atoms with E-state index >= 15 is 0 Å². The average molecular weight is 800 g/mol.